The van der Waals surface area contributed by atoms with Crippen LogP contribution in [-0.4, -0.2) is 45.1 Å². The van der Waals surface area contributed by atoms with E-state index >= 15 is 0 Å². The molecule has 5 aromatic rings. The summed E-state index contributed by atoms with van der Waals surface area (Å²) in [7, 11) is 1.76. The van der Waals surface area contributed by atoms with E-state index in [-0.39, 0.29) is 12.5 Å². The van der Waals surface area contributed by atoms with Crippen LogP contribution >= 0.6 is 0 Å². The Morgan fingerprint density at radius 1 is 1.19 bits per heavy atom. The second kappa shape index (κ2) is 8.34. The number of tetrazole rings is 1. The number of aromatic nitrogens is 9. The van der Waals surface area contributed by atoms with Gasteiger partial charge in [0, 0.05) is 24.9 Å². The Balaban J connectivity index is 1.37. The third-order valence-corrected chi connectivity index (χ3v) is 4.69. The van der Waals surface area contributed by atoms with Gasteiger partial charge in [0.15, 0.2) is 0 Å². The van der Waals surface area contributed by atoms with Gasteiger partial charge < -0.3 is 9.26 Å². The molecule has 0 aliphatic carbocycles. The number of aryl methyl sites for hydroxylation is 1. The molecule has 0 amide bonds. The molecule has 0 saturated carbocycles. The third-order valence-electron chi connectivity index (χ3n) is 4.69. The summed E-state index contributed by atoms with van der Waals surface area (Å²) in [5, 5.41) is 19.5. The lowest BCUT2D eigenvalue weighted by Crippen LogP contribution is -2.05. The van der Waals surface area contributed by atoms with Gasteiger partial charge in [0.05, 0.1) is 24.0 Å². The van der Waals surface area contributed by atoms with Gasteiger partial charge in [-0.25, -0.2) is 14.1 Å². The second-order valence-corrected chi connectivity index (χ2v) is 6.86. The molecule has 0 aliphatic heterocycles. The fraction of sp³-hybridized carbons (Fsp3) is 0.150. The number of halogens is 1. The van der Waals surface area contributed by atoms with E-state index in [9.17, 15) is 4.39 Å². The van der Waals surface area contributed by atoms with Gasteiger partial charge in [-0.2, -0.15) is 10.1 Å². The summed E-state index contributed by atoms with van der Waals surface area (Å²) < 4.78 is 27.7. The highest BCUT2D eigenvalue weighted by Crippen LogP contribution is 2.26. The van der Waals surface area contributed by atoms with E-state index in [0.29, 0.717) is 29.5 Å². The smallest absolute Gasteiger partial charge is 0.261 e. The van der Waals surface area contributed by atoms with E-state index in [0.717, 1.165) is 11.1 Å². The van der Waals surface area contributed by atoms with Crippen molar-refractivity contribution in [2.24, 2.45) is 7.05 Å². The molecule has 0 spiro atoms. The minimum Gasteiger partial charge on any atom is -0.471 e. The van der Waals surface area contributed by atoms with Gasteiger partial charge in [0.25, 0.3) is 5.89 Å². The average molecular weight is 433 g/mol. The summed E-state index contributed by atoms with van der Waals surface area (Å²) in [6, 6.07) is 10.2. The molecule has 1 aromatic carbocycles. The fourth-order valence-corrected chi connectivity index (χ4v) is 3.12. The molecule has 32 heavy (non-hydrogen) atoms. The molecule has 0 fully saturated rings. The highest BCUT2D eigenvalue weighted by Gasteiger charge is 2.19. The maximum Gasteiger partial charge on any atom is 0.261 e. The van der Waals surface area contributed by atoms with Crippen molar-refractivity contribution in [3.8, 4) is 28.7 Å². The summed E-state index contributed by atoms with van der Waals surface area (Å²) in [6.45, 7) is 0.616. The first-order valence-electron chi connectivity index (χ1n) is 9.55. The minimum atomic E-state index is -0.427. The molecule has 0 atom stereocenters. The molecule has 0 unspecified atom stereocenters. The molecule has 160 valence electrons. The van der Waals surface area contributed by atoms with Crippen LogP contribution in [0.3, 0.4) is 0 Å². The predicted octanol–water partition coefficient (Wildman–Crippen LogP) is 2.29. The molecule has 0 N–H and O–H groups in total. The van der Waals surface area contributed by atoms with E-state index in [4.69, 9.17) is 9.26 Å². The lowest BCUT2D eigenvalue weighted by Gasteiger charge is -2.06. The molecule has 0 bridgehead atoms. The Bertz CT molecular complexity index is 1350. The van der Waals surface area contributed by atoms with Crippen LogP contribution in [0.5, 0.6) is 5.88 Å². The second-order valence-electron chi connectivity index (χ2n) is 6.86. The van der Waals surface area contributed by atoms with Crippen molar-refractivity contribution < 1.29 is 13.7 Å². The summed E-state index contributed by atoms with van der Waals surface area (Å²) in [5.41, 5.74) is 3.07. The van der Waals surface area contributed by atoms with Gasteiger partial charge in [0.2, 0.25) is 11.7 Å². The van der Waals surface area contributed by atoms with E-state index in [1.807, 2.05) is 24.3 Å². The van der Waals surface area contributed by atoms with Gasteiger partial charge in [-0.1, -0.05) is 23.4 Å². The van der Waals surface area contributed by atoms with Gasteiger partial charge >= 0.3 is 0 Å². The topological polar surface area (TPSA) is 122 Å². The van der Waals surface area contributed by atoms with Crippen LogP contribution in [0.4, 0.5) is 4.39 Å². The van der Waals surface area contributed by atoms with Gasteiger partial charge in [0.1, 0.15) is 18.8 Å². The molecule has 0 radical (unpaired) electrons. The molecular weight excluding hydrogens is 417 g/mol. The number of rotatable bonds is 7. The zero-order valence-electron chi connectivity index (χ0n) is 16.8. The van der Waals surface area contributed by atoms with E-state index in [1.54, 1.807) is 28.9 Å². The highest BCUT2D eigenvalue weighted by molar-refractivity contribution is 5.61. The van der Waals surface area contributed by atoms with Crippen LogP contribution in [0, 0.1) is 5.82 Å². The molecule has 5 rings (SSSR count). The number of ether oxygens (including phenoxy) is 1. The van der Waals surface area contributed by atoms with E-state index in [1.165, 1.54) is 18.3 Å². The molecular formula is C20H16FN9O2. The Labute approximate surface area is 180 Å². The largest absolute Gasteiger partial charge is 0.471 e. The van der Waals surface area contributed by atoms with Crippen LogP contribution in [0.15, 0.2) is 59.6 Å². The summed E-state index contributed by atoms with van der Waals surface area (Å²) in [6.07, 6.45) is 4.50. The zero-order chi connectivity index (χ0) is 21.9. The molecule has 0 saturated heterocycles. The van der Waals surface area contributed by atoms with Gasteiger partial charge in [-0.3, -0.25) is 4.68 Å². The van der Waals surface area contributed by atoms with Crippen LogP contribution in [0.2, 0.25) is 0 Å². The monoisotopic (exact) mass is 433 g/mol. The third kappa shape index (κ3) is 4.05. The predicted molar refractivity (Wildman–Crippen MR) is 107 cm³/mol. The minimum absolute atomic E-state index is 0.0986. The average Bonchev–Trinajstić information content (AvgIpc) is 3.54. The number of hydrogen-bond acceptors (Lipinski definition) is 9. The maximum absolute atomic E-state index is 13.4. The van der Waals surface area contributed by atoms with Crippen molar-refractivity contribution >= 4 is 0 Å². The number of nitrogens with zero attached hydrogens (tertiary/aromatic N) is 9. The first-order valence-corrected chi connectivity index (χ1v) is 9.55. The summed E-state index contributed by atoms with van der Waals surface area (Å²) in [4.78, 5) is 8.51. The Kier molecular flexibility index (Phi) is 5.07. The maximum atomic E-state index is 13.4. The lowest BCUT2D eigenvalue weighted by molar-refractivity contribution is 0.281. The highest BCUT2D eigenvalue weighted by atomic mass is 19.1. The fourth-order valence-electron chi connectivity index (χ4n) is 3.12. The van der Waals surface area contributed by atoms with Crippen LogP contribution in [-0.2, 0) is 20.2 Å². The normalized spacial score (nSPS) is 11.1. The summed E-state index contributed by atoms with van der Waals surface area (Å²) in [5.74, 6) is 0.470. The number of benzene rings is 1. The Hall–Kier alpha value is -4.48. The van der Waals surface area contributed by atoms with Gasteiger partial charge in [-0.15, -0.1) is 5.10 Å². The molecule has 4 heterocycles. The van der Waals surface area contributed by atoms with Crippen LogP contribution in [0.1, 0.15) is 11.3 Å². The Morgan fingerprint density at radius 3 is 2.97 bits per heavy atom. The molecule has 11 nitrogen and oxygen atoms in total. The van der Waals surface area contributed by atoms with Crippen LogP contribution in [0.25, 0.3) is 22.8 Å². The van der Waals surface area contributed by atoms with Crippen molar-refractivity contribution in [3.05, 3.63) is 72.2 Å². The standard InChI is InChI=1S/C20H16FN9O2/c1-29-17(11-31-18-8-15(21)5-6-22-18)16(9-24-29)20-25-19(26-32-20)14-4-2-3-13(7-14)10-30-12-23-27-28-30/h2-9,12H,10-11H2,1H3. The summed E-state index contributed by atoms with van der Waals surface area (Å²) >= 11 is 0. The van der Waals surface area contributed by atoms with Crippen molar-refractivity contribution in [1.29, 1.82) is 0 Å². The molecule has 0 aliphatic rings. The van der Waals surface area contributed by atoms with Gasteiger partial charge in [-0.05, 0) is 28.1 Å². The number of pyridine rings is 1. The first kappa shape index (κ1) is 19.5. The lowest BCUT2D eigenvalue weighted by atomic mass is 10.1. The van der Waals surface area contributed by atoms with Crippen molar-refractivity contribution in [3.63, 3.8) is 0 Å². The Morgan fingerprint density at radius 2 is 2.12 bits per heavy atom. The van der Waals surface area contributed by atoms with Crippen LogP contribution < -0.4 is 4.74 Å². The van der Waals surface area contributed by atoms with Crippen molar-refractivity contribution in [1.82, 2.24) is 45.1 Å². The van der Waals surface area contributed by atoms with E-state index in [2.05, 4.69) is 35.7 Å². The van der Waals surface area contributed by atoms with Crippen molar-refractivity contribution in [2.75, 3.05) is 0 Å². The zero-order valence-corrected chi connectivity index (χ0v) is 16.8. The molecule has 12 heteroatoms. The molecule has 4 aromatic heterocycles. The quantitative estimate of drug-likeness (QED) is 0.380. The van der Waals surface area contributed by atoms with E-state index < -0.39 is 5.82 Å². The SMILES string of the molecule is Cn1ncc(-c2nc(-c3cccc(Cn4cnnn4)c3)no2)c1COc1cc(F)ccn1. The first-order chi connectivity index (χ1) is 15.7. The van der Waals surface area contributed by atoms with Crippen molar-refractivity contribution in [2.45, 2.75) is 13.2 Å². The number of hydrogen-bond donors (Lipinski definition) is 0.